The average Bonchev–Trinajstić information content (AvgIpc) is 3.53. The monoisotopic (exact) mass is 467 g/mol. The molecule has 2 aromatic heterocycles. The molecule has 9 nitrogen and oxygen atoms in total. The number of methoxy groups -OCH3 is 1. The van der Waals surface area contributed by atoms with Gasteiger partial charge in [-0.1, -0.05) is 20.3 Å². The highest BCUT2D eigenvalue weighted by Crippen LogP contribution is 2.35. The largest absolute Gasteiger partial charge is 0.493 e. The van der Waals surface area contributed by atoms with Crippen LogP contribution in [-0.2, 0) is 6.42 Å². The zero-order chi connectivity index (χ0) is 23.8. The fourth-order valence-corrected chi connectivity index (χ4v) is 4.16. The average molecular weight is 468 g/mol. The standard InChI is InChI=1S/C25H37N7O2/c1-4-6-10-26-25-27-20-17-22(34-14-9-13-32-11-7-8-12-32)21(33-3)16-19(20)24(29-25)28-23-15-18(5-2)30-31-23/h15-17H,4-14H2,1-3H3,(H3,26,27,28,29,30,31). The maximum atomic E-state index is 6.14. The van der Waals surface area contributed by atoms with E-state index >= 15 is 0 Å². The molecule has 0 amide bonds. The first-order valence-electron chi connectivity index (χ1n) is 12.5. The fraction of sp³-hybridized carbons (Fsp3) is 0.560. The van der Waals surface area contributed by atoms with Crippen LogP contribution in [0.15, 0.2) is 18.2 Å². The third-order valence-electron chi connectivity index (χ3n) is 6.13. The molecule has 0 atom stereocenters. The Hall–Kier alpha value is -3.07. The second-order valence-corrected chi connectivity index (χ2v) is 8.70. The first-order chi connectivity index (χ1) is 16.7. The number of unbranched alkanes of at least 4 members (excludes halogenated alkanes) is 1. The van der Waals surface area contributed by atoms with Gasteiger partial charge in [0.15, 0.2) is 17.3 Å². The predicted octanol–water partition coefficient (Wildman–Crippen LogP) is 4.74. The quantitative estimate of drug-likeness (QED) is 0.310. The topological polar surface area (TPSA) is 100 Å². The lowest BCUT2D eigenvalue weighted by Gasteiger charge is -2.16. The van der Waals surface area contributed by atoms with Crippen molar-refractivity contribution in [2.24, 2.45) is 0 Å². The number of nitrogens with one attached hydrogen (secondary N) is 3. The number of aryl methyl sites for hydroxylation is 1. The lowest BCUT2D eigenvalue weighted by atomic mass is 10.2. The van der Waals surface area contributed by atoms with Crippen LogP contribution in [0.3, 0.4) is 0 Å². The van der Waals surface area contributed by atoms with Crippen LogP contribution in [0, 0.1) is 0 Å². The van der Waals surface area contributed by atoms with Gasteiger partial charge in [0, 0.05) is 36.3 Å². The van der Waals surface area contributed by atoms with Crippen molar-refractivity contribution in [3.05, 3.63) is 23.9 Å². The Labute approximate surface area is 201 Å². The number of hydrogen-bond acceptors (Lipinski definition) is 8. The Morgan fingerprint density at radius 1 is 1.06 bits per heavy atom. The van der Waals surface area contributed by atoms with Crippen LogP contribution in [0.1, 0.15) is 51.6 Å². The maximum absolute atomic E-state index is 6.14. The highest BCUT2D eigenvalue weighted by molar-refractivity contribution is 5.94. The third-order valence-corrected chi connectivity index (χ3v) is 6.13. The van der Waals surface area contributed by atoms with Crippen molar-refractivity contribution in [1.82, 2.24) is 25.1 Å². The maximum Gasteiger partial charge on any atom is 0.225 e. The minimum absolute atomic E-state index is 0.583. The Morgan fingerprint density at radius 2 is 1.91 bits per heavy atom. The fourth-order valence-electron chi connectivity index (χ4n) is 4.16. The molecule has 0 bridgehead atoms. The number of likely N-dealkylation sites (tertiary alicyclic amines) is 1. The van der Waals surface area contributed by atoms with Crippen molar-refractivity contribution in [3.63, 3.8) is 0 Å². The molecule has 9 heteroatoms. The van der Waals surface area contributed by atoms with E-state index in [1.807, 2.05) is 18.2 Å². The van der Waals surface area contributed by atoms with Crippen molar-refractivity contribution in [3.8, 4) is 11.5 Å². The number of nitrogens with zero attached hydrogens (tertiary/aromatic N) is 4. The number of ether oxygens (including phenoxy) is 2. The van der Waals surface area contributed by atoms with Crippen LogP contribution in [0.2, 0.25) is 0 Å². The SMILES string of the molecule is CCCCNc1nc(Nc2cc(CC)[nH]n2)c2cc(OC)c(OCCCN3CCCC3)cc2n1. The number of aromatic nitrogens is 4. The van der Waals surface area contributed by atoms with Crippen LogP contribution >= 0.6 is 0 Å². The predicted molar refractivity (Wildman–Crippen MR) is 137 cm³/mol. The van der Waals surface area contributed by atoms with Crippen molar-refractivity contribution in [2.45, 2.75) is 52.4 Å². The molecule has 1 aliphatic heterocycles. The van der Waals surface area contributed by atoms with Gasteiger partial charge >= 0.3 is 0 Å². The van der Waals surface area contributed by atoms with Crippen LogP contribution in [-0.4, -0.2) is 65.0 Å². The summed E-state index contributed by atoms with van der Waals surface area (Å²) in [4.78, 5) is 12.0. The molecule has 0 radical (unpaired) electrons. The van der Waals surface area contributed by atoms with E-state index < -0.39 is 0 Å². The van der Waals surface area contributed by atoms with E-state index in [0.29, 0.717) is 29.9 Å². The summed E-state index contributed by atoms with van der Waals surface area (Å²) >= 11 is 0. The van der Waals surface area contributed by atoms with Crippen molar-refractivity contribution in [2.75, 3.05) is 50.5 Å². The third kappa shape index (κ3) is 6.08. The van der Waals surface area contributed by atoms with Crippen molar-refractivity contribution >= 4 is 28.5 Å². The van der Waals surface area contributed by atoms with Crippen LogP contribution in [0.25, 0.3) is 10.9 Å². The second kappa shape index (κ2) is 11.9. The van der Waals surface area contributed by atoms with Crippen LogP contribution in [0.5, 0.6) is 11.5 Å². The van der Waals surface area contributed by atoms with E-state index in [1.165, 1.54) is 25.9 Å². The normalized spacial score (nSPS) is 14.0. The molecular formula is C25H37N7O2. The number of aromatic amines is 1. The Morgan fingerprint density at radius 3 is 2.65 bits per heavy atom. The summed E-state index contributed by atoms with van der Waals surface area (Å²) in [6.07, 6.45) is 6.64. The molecule has 0 saturated carbocycles. The molecule has 0 aliphatic carbocycles. The first-order valence-corrected chi connectivity index (χ1v) is 12.5. The molecule has 1 aromatic carbocycles. The molecule has 3 heterocycles. The van der Waals surface area contributed by atoms with Gasteiger partial charge in [0.2, 0.25) is 5.95 Å². The number of rotatable bonds is 13. The van der Waals surface area contributed by atoms with E-state index in [0.717, 1.165) is 61.2 Å². The Kier molecular flexibility index (Phi) is 8.41. The molecule has 4 rings (SSSR count). The molecule has 0 unspecified atom stereocenters. The van der Waals surface area contributed by atoms with E-state index in [-0.39, 0.29) is 0 Å². The highest BCUT2D eigenvalue weighted by Gasteiger charge is 2.16. The molecule has 3 aromatic rings. The number of fused-ring (bicyclic) bond motifs is 1. The molecule has 1 saturated heterocycles. The van der Waals surface area contributed by atoms with Gasteiger partial charge in [-0.2, -0.15) is 10.1 Å². The molecule has 0 spiro atoms. The summed E-state index contributed by atoms with van der Waals surface area (Å²) in [5.74, 6) is 3.35. The smallest absolute Gasteiger partial charge is 0.225 e. The highest BCUT2D eigenvalue weighted by atomic mass is 16.5. The number of H-pyrrole nitrogens is 1. The minimum atomic E-state index is 0.583. The second-order valence-electron chi connectivity index (χ2n) is 8.70. The zero-order valence-corrected chi connectivity index (χ0v) is 20.6. The van der Waals surface area contributed by atoms with Gasteiger partial charge < -0.3 is 25.0 Å². The zero-order valence-electron chi connectivity index (χ0n) is 20.6. The number of benzene rings is 1. The van der Waals surface area contributed by atoms with Gasteiger partial charge in [0.05, 0.1) is 19.2 Å². The van der Waals surface area contributed by atoms with Crippen LogP contribution < -0.4 is 20.1 Å². The van der Waals surface area contributed by atoms with Gasteiger partial charge in [-0.25, -0.2) is 4.98 Å². The van der Waals surface area contributed by atoms with E-state index in [4.69, 9.17) is 19.4 Å². The molecule has 1 aliphatic rings. The summed E-state index contributed by atoms with van der Waals surface area (Å²) in [6.45, 7) is 9.19. The first kappa shape index (κ1) is 24.1. The summed E-state index contributed by atoms with van der Waals surface area (Å²) in [7, 11) is 1.66. The molecule has 3 N–H and O–H groups in total. The Balaban J connectivity index is 1.58. The van der Waals surface area contributed by atoms with Gasteiger partial charge in [0.25, 0.3) is 0 Å². The van der Waals surface area contributed by atoms with Crippen molar-refractivity contribution < 1.29 is 9.47 Å². The van der Waals surface area contributed by atoms with E-state index in [2.05, 4.69) is 39.6 Å². The van der Waals surface area contributed by atoms with Gasteiger partial charge in [-0.15, -0.1) is 0 Å². The number of anilines is 3. The summed E-state index contributed by atoms with van der Waals surface area (Å²) in [5.41, 5.74) is 1.85. The molecular weight excluding hydrogens is 430 g/mol. The summed E-state index contributed by atoms with van der Waals surface area (Å²) in [6, 6.07) is 5.88. The Bertz CT molecular complexity index is 1060. The summed E-state index contributed by atoms with van der Waals surface area (Å²) < 4.78 is 11.8. The lowest BCUT2D eigenvalue weighted by Crippen LogP contribution is -2.21. The van der Waals surface area contributed by atoms with Gasteiger partial charge in [-0.05, 0) is 51.3 Å². The van der Waals surface area contributed by atoms with E-state index in [9.17, 15) is 0 Å². The molecule has 34 heavy (non-hydrogen) atoms. The number of hydrogen-bond donors (Lipinski definition) is 3. The van der Waals surface area contributed by atoms with Gasteiger partial charge in [0.1, 0.15) is 5.82 Å². The van der Waals surface area contributed by atoms with E-state index in [1.54, 1.807) is 7.11 Å². The van der Waals surface area contributed by atoms with Crippen LogP contribution in [0.4, 0.5) is 17.6 Å². The molecule has 1 fully saturated rings. The van der Waals surface area contributed by atoms with Crippen molar-refractivity contribution in [1.29, 1.82) is 0 Å². The van der Waals surface area contributed by atoms with Gasteiger partial charge in [-0.3, -0.25) is 5.10 Å². The minimum Gasteiger partial charge on any atom is -0.493 e. The summed E-state index contributed by atoms with van der Waals surface area (Å²) in [5, 5.41) is 14.9. The lowest BCUT2D eigenvalue weighted by molar-refractivity contribution is 0.254. The molecule has 184 valence electrons.